The predicted molar refractivity (Wildman–Crippen MR) is 429 cm³/mol. The molecule has 0 aliphatic carbocycles. The van der Waals surface area contributed by atoms with Gasteiger partial charge < -0.3 is 13.7 Å². The number of hydrogen-bond donors (Lipinski definition) is 0. The van der Waals surface area contributed by atoms with Crippen molar-refractivity contribution in [1.82, 2.24) is 33.6 Å². The molecule has 0 saturated carbocycles. The highest BCUT2D eigenvalue weighted by molar-refractivity contribution is 7.87. The Bertz CT molecular complexity index is 6500. The standard InChI is InChI=1S/C35H23N2OPS.C29H19N2OP.C24H16N3OP.CH4/c38-39(27-12-5-2-6-13-27)30-16-8-7-15-29(30)37-34-28(14-9-17-31(34)39)36-35(37)26-20-18-25(19-21-26)33-23-22-32(40-33)24-10-3-1-4-11-24;32-33(23-11-2-1-3-12-23)26-15-7-6-14-25(26)31-28-24(13-8-16-27(28)33)30-29(31)22-18-17-20-9-4-5-10-21(20)19-22;28-29(18-7-2-1-3-8-18)21-11-5-4-10-20(21)27-23-19(9-6-12-22(23)29)26-24(27)17-13-15-25-16-14-17;/h1-23H;1-19H;1-16H;1H4. The maximum absolute atomic E-state index is 15.1. The summed E-state index contributed by atoms with van der Waals surface area (Å²) in [5.41, 5.74) is 13.6. The zero-order valence-corrected chi connectivity index (χ0v) is 58.1. The van der Waals surface area contributed by atoms with Crippen molar-refractivity contribution in [3.05, 3.63) is 352 Å². The quantitative estimate of drug-likeness (QED) is 0.139. The lowest BCUT2D eigenvalue weighted by Gasteiger charge is -2.29. The summed E-state index contributed by atoms with van der Waals surface area (Å²) in [6, 6.07) is 114. The molecule has 492 valence electrons. The van der Waals surface area contributed by atoms with Crippen molar-refractivity contribution in [2.75, 3.05) is 0 Å². The molecule has 0 amide bonds. The molecule has 3 atom stereocenters. The van der Waals surface area contributed by atoms with Crippen LogP contribution in [0.15, 0.2) is 352 Å². The van der Waals surface area contributed by atoms with E-state index in [2.05, 4.69) is 134 Å². The Morgan fingerprint density at radius 1 is 0.262 bits per heavy atom. The molecule has 3 unspecified atom stereocenters. The number of benzene rings is 13. The Hall–Kier alpha value is -11.9. The molecule has 5 aromatic heterocycles. The summed E-state index contributed by atoms with van der Waals surface area (Å²) in [5, 5.41) is 10.0. The van der Waals surface area contributed by atoms with Gasteiger partial charge in [-0.2, -0.15) is 0 Å². The monoisotopic (exact) mass is 1400 g/mol. The maximum atomic E-state index is 15.1. The molecule has 8 heterocycles. The van der Waals surface area contributed by atoms with Gasteiger partial charge in [0.2, 0.25) is 0 Å². The van der Waals surface area contributed by atoms with E-state index in [9.17, 15) is 9.13 Å². The summed E-state index contributed by atoms with van der Waals surface area (Å²) in [5.74, 6) is 2.56. The fraction of sp³-hybridized carbons (Fsp3) is 0.0112. The lowest BCUT2D eigenvalue weighted by atomic mass is 10.1. The van der Waals surface area contributed by atoms with Crippen molar-refractivity contribution in [3.8, 4) is 72.1 Å². The van der Waals surface area contributed by atoms with Gasteiger partial charge in [0, 0.05) is 86.6 Å². The van der Waals surface area contributed by atoms with Crippen LogP contribution in [0.4, 0.5) is 0 Å². The van der Waals surface area contributed by atoms with Gasteiger partial charge in [0.15, 0.2) is 21.4 Å². The number of thiophene rings is 1. The van der Waals surface area contributed by atoms with Crippen LogP contribution in [-0.4, -0.2) is 33.6 Å². The Morgan fingerprint density at radius 2 is 0.583 bits per heavy atom. The molecule has 10 nitrogen and oxygen atoms in total. The van der Waals surface area contributed by atoms with Crippen LogP contribution in [-0.2, 0) is 13.7 Å². The first-order valence-electron chi connectivity index (χ1n) is 33.7. The number of hydrogen-bond acceptors (Lipinski definition) is 8. The van der Waals surface area contributed by atoms with Crippen LogP contribution >= 0.6 is 32.8 Å². The minimum atomic E-state index is -3.07. The fourth-order valence-electron chi connectivity index (χ4n) is 15.1. The molecule has 3 aliphatic heterocycles. The Balaban J connectivity index is 0.000000111. The van der Waals surface area contributed by atoms with E-state index in [0.29, 0.717) is 0 Å². The first kappa shape index (κ1) is 63.3. The fourth-order valence-corrected chi connectivity index (χ4v) is 25.2. The number of para-hydroxylation sites is 6. The first-order valence-corrected chi connectivity index (χ1v) is 39.7. The Kier molecular flexibility index (Phi) is 15.5. The van der Waals surface area contributed by atoms with Crippen molar-refractivity contribution in [1.29, 1.82) is 0 Å². The predicted octanol–water partition coefficient (Wildman–Crippen LogP) is 18.5. The van der Waals surface area contributed by atoms with Crippen LogP contribution < -0.4 is 47.7 Å². The van der Waals surface area contributed by atoms with E-state index in [1.54, 1.807) is 23.7 Å². The summed E-state index contributed by atoms with van der Waals surface area (Å²) in [6.45, 7) is 0. The van der Waals surface area contributed by atoms with E-state index in [0.717, 1.165) is 132 Å². The SMILES string of the molecule is C.O=P1(c2ccccc2)c2ccccc2-n2c(-c3ccc(-c4ccc(-c5ccccc5)s4)cc3)nc3cccc1c32.O=P1(c2ccccc2)c2ccccc2-n2c(-c3ccc4ccccc4c3)nc3cccc1c32.O=P1(c2ccccc2)c2ccccc2-n2c(-c3ccncc3)nc3cccc1c32. The van der Waals surface area contributed by atoms with Gasteiger partial charge in [0.1, 0.15) is 17.5 Å². The molecule has 0 bridgehead atoms. The van der Waals surface area contributed by atoms with Crippen molar-refractivity contribution < 1.29 is 13.7 Å². The second-order valence-electron chi connectivity index (χ2n) is 25.5. The molecule has 13 aromatic carbocycles. The molecule has 0 spiro atoms. The molecular weight excluding hydrogens is 1340 g/mol. The minimum Gasteiger partial charge on any atom is -0.308 e. The van der Waals surface area contributed by atoms with Gasteiger partial charge in [-0.05, 0) is 125 Å². The molecule has 14 heteroatoms. The van der Waals surface area contributed by atoms with Gasteiger partial charge in [0.05, 0.1) is 50.2 Å². The van der Waals surface area contributed by atoms with Gasteiger partial charge in [-0.15, -0.1) is 11.3 Å². The van der Waals surface area contributed by atoms with Crippen molar-refractivity contribution in [3.63, 3.8) is 0 Å². The molecule has 0 N–H and O–H groups in total. The summed E-state index contributed by atoms with van der Waals surface area (Å²) >= 11 is 1.80. The van der Waals surface area contributed by atoms with Gasteiger partial charge in [-0.3, -0.25) is 18.7 Å². The molecule has 21 rings (SSSR count). The minimum absolute atomic E-state index is 0. The second kappa shape index (κ2) is 25.3. The first-order chi connectivity index (χ1) is 50.2. The van der Waals surface area contributed by atoms with Crippen LogP contribution in [0.5, 0.6) is 0 Å². The van der Waals surface area contributed by atoms with Crippen LogP contribution in [0.1, 0.15) is 7.43 Å². The highest BCUT2D eigenvalue weighted by Crippen LogP contribution is 2.53. The van der Waals surface area contributed by atoms with E-state index in [1.165, 1.54) is 31.7 Å². The molecule has 18 aromatic rings. The number of rotatable bonds is 8. The van der Waals surface area contributed by atoms with Crippen molar-refractivity contribution in [2.45, 2.75) is 7.43 Å². The average molecular weight is 1400 g/mol. The molecule has 3 aliphatic rings. The summed E-state index contributed by atoms with van der Waals surface area (Å²) in [6.07, 6.45) is 3.54. The third kappa shape index (κ3) is 10.0. The maximum Gasteiger partial charge on any atom is 0.175 e. The van der Waals surface area contributed by atoms with Gasteiger partial charge in [-0.1, -0.05) is 244 Å². The molecule has 103 heavy (non-hydrogen) atoms. The normalized spacial score (nSPS) is 16.3. The van der Waals surface area contributed by atoms with E-state index in [1.807, 2.05) is 224 Å². The molecule has 0 radical (unpaired) electrons. The van der Waals surface area contributed by atoms with Crippen molar-refractivity contribution in [2.24, 2.45) is 0 Å². The van der Waals surface area contributed by atoms with Gasteiger partial charge >= 0.3 is 0 Å². The summed E-state index contributed by atoms with van der Waals surface area (Å²) in [4.78, 5) is 21.7. The molecule has 0 saturated heterocycles. The third-order valence-corrected chi connectivity index (χ3v) is 30.3. The third-order valence-electron chi connectivity index (χ3n) is 19.8. The van der Waals surface area contributed by atoms with Crippen LogP contribution in [0.3, 0.4) is 0 Å². The highest BCUT2D eigenvalue weighted by Gasteiger charge is 2.43. The van der Waals surface area contributed by atoms with Crippen LogP contribution in [0, 0.1) is 0 Å². The zero-order valence-electron chi connectivity index (χ0n) is 54.6. The number of nitrogens with zero attached hydrogens (tertiary/aromatic N) is 7. The average Bonchev–Trinajstić information content (AvgIpc) is 1.65. The smallest absolute Gasteiger partial charge is 0.175 e. The zero-order chi connectivity index (χ0) is 68.1. The topological polar surface area (TPSA) is 118 Å². The lowest BCUT2D eigenvalue weighted by Crippen LogP contribution is -2.32. The summed E-state index contributed by atoms with van der Waals surface area (Å²) in [7, 11) is -9.13. The molecule has 0 fully saturated rings. The second-order valence-corrected chi connectivity index (χ2v) is 34.6. The Morgan fingerprint density at radius 3 is 1.01 bits per heavy atom. The van der Waals surface area contributed by atoms with Crippen LogP contribution in [0.25, 0.3) is 116 Å². The lowest BCUT2D eigenvalue weighted by molar-refractivity contribution is 0.591. The van der Waals surface area contributed by atoms with E-state index < -0.39 is 21.4 Å². The highest BCUT2D eigenvalue weighted by atomic mass is 32.1. The molecular formula is C89H62N7O3P3S. The van der Waals surface area contributed by atoms with E-state index >= 15 is 4.57 Å². The number of fused-ring (bicyclic) bond motifs is 7. The number of pyridine rings is 1. The van der Waals surface area contributed by atoms with E-state index in [-0.39, 0.29) is 7.43 Å². The number of aromatic nitrogens is 7. The largest absolute Gasteiger partial charge is 0.308 e. The van der Waals surface area contributed by atoms with Crippen LogP contribution in [0.2, 0.25) is 0 Å². The summed E-state index contributed by atoms with van der Waals surface area (Å²) < 4.78 is 51.3. The van der Waals surface area contributed by atoms with Gasteiger partial charge in [-0.25, -0.2) is 15.0 Å². The van der Waals surface area contributed by atoms with Gasteiger partial charge in [0.25, 0.3) is 0 Å². The number of imidazole rings is 3. The Labute approximate surface area is 599 Å². The van der Waals surface area contributed by atoms with E-state index in [4.69, 9.17) is 15.0 Å². The van der Waals surface area contributed by atoms with Crippen molar-refractivity contribution >= 4 is 124 Å².